The molecule has 1 aromatic rings. The second kappa shape index (κ2) is 5.44. The third-order valence-electron chi connectivity index (χ3n) is 2.07. The lowest BCUT2D eigenvalue weighted by molar-refractivity contribution is -0.0504. The average Bonchev–Trinajstić information content (AvgIpc) is 2.28. The first-order valence-corrected chi connectivity index (χ1v) is 4.74. The predicted molar refractivity (Wildman–Crippen MR) is 53.8 cm³/mol. The van der Waals surface area contributed by atoms with Crippen LogP contribution in [0.5, 0.6) is 5.75 Å². The van der Waals surface area contributed by atoms with Crippen molar-refractivity contribution in [2.24, 2.45) is 0 Å². The number of carbonyl (C=O) groups is 1. The highest BCUT2D eigenvalue weighted by atomic mass is 19.3. The summed E-state index contributed by atoms with van der Waals surface area (Å²) in [6, 6.07) is 4.46. The number of rotatable bonds is 4. The zero-order valence-electron chi connectivity index (χ0n) is 9.00. The summed E-state index contributed by atoms with van der Waals surface area (Å²) in [6.45, 7) is -1.07. The van der Waals surface area contributed by atoms with Crippen molar-refractivity contribution in [3.63, 3.8) is 0 Å². The lowest BCUT2D eigenvalue weighted by atomic mass is 10.1. The van der Waals surface area contributed by atoms with E-state index in [0.717, 1.165) is 5.56 Å². The number of aryl methyl sites for hydroxylation is 1. The van der Waals surface area contributed by atoms with Crippen molar-refractivity contribution in [2.75, 3.05) is 7.11 Å². The van der Waals surface area contributed by atoms with Crippen LogP contribution in [0.25, 0.3) is 0 Å². The van der Waals surface area contributed by atoms with Crippen molar-refractivity contribution in [3.05, 3.63) is 29.3 Å². The zero-order chi connectivity index (χ0) is 12.1. The Labute approximate surface area is 92.0 Å². The van der Waals surface area contributed by atoms with Crippen LogP contribution in [-0.2, 0) is 11.2 Å². The molecule has 0 heterocycles. The number of methoxy groups -OCH3 is 1. The molecule has 0 atom stereocenters. The van der Waals surface area contributed by atoms with Gasteiger partial charge in [0.05, 0.1) is 7.11 Å². The van der Waals surface area contributed by atoms with Crippen LogP contribution in [0.4, 0.5) is 8.78 Å². The van der Waals surface area contributed by atoms with Gasteiger partial charge in [0.1, 0.15) is 11.3 Å². The summed E-state index contributed by atoms with van der Waals surface area (Å²) in [6.07, 6.45) is 0.693. The molecule has 0 N–H and O–H groups in total. The van der Waals surface area contributed by atoms with Crippen LogP contribution in [0.3, 0.4) is 0 Å². The largest absolute Gasteiger partial charge is 0.465 e. The number of benzene rings is 1. The van der Waals surface area contributed by atoms with Crippen molar-refractivity contribution in [2.45, 2.75) is 20.0 Å². The van der Waals surface area contributed by atoms with Crippen LogP contribution in [0.15, 0.2) is 18.2 Å². The highest BCUT2D eigenvalue weighted by Crippen LogP contribution is 2.23. The molecule has 0 fully saturated rings. The molecule has 1 aromatic carbocycles. The average molecular weight is 230 g/mol. The predicted octanol–water partition coefficient (Wildman–Crippen LogP) is 2.64. The summed E-state index contributed by atoms with van der Waals surface area (Å²) in [7, 11) is 1.19. The molecule has 0 radical (unpaired) electrons. The fourth-order valence-electron chi connectivity index (χ4n) is 1.27. The normalized spacial score (nSPS) is 10.3. The van der Waals surface area contributed by atoms with Crippen LogP contribution in [-0.4, -0.2) is 19.7 Å². The maximum atomic E-state index is 12.1. The van der Waals surface area contributed by atoms with Crippen LogP contribution >= 0.6 is 0 Å². The van der Waals surface area contributed by atoms with Crippen molar-refractivity contribution in [1.82, 2.24) is 0 Å². The molecular formula is C11H12F2O3. The number of hydrogen-bond donors (Lipinski definition) is 0. The van der Waals surface area contributed by atoms with E-state index in [1.165, 1.54) is 19.2 Å². The van der Waals surface area contributed by atoms with Crippen molar-refractivity contribution in [1.29, 1.82) is 0 Å². The maximum Gasteiger partial charge on any atom is 0.387 e. The SMILES string of the molecule is CCc1ccc(OC(F)F)c(C(=O)OC)c1. The maximum absolute atomic E-state index is 12.1. The lowest BCUT2D eigenvalue weighted by Gasteiger charge is -2.10. The standard InChI is InChI=1S/C11H12F2O3/c1-3-7-4-5-9(16-11(12)13)8(6-7)10(14)15-2/h4-6,11H,3H2,1-2H3. The van der Waals surface area contributed by atoms with Gasteiger partial charge in [-0.3, -0.25) is 0 Å². The number of esters is 1. The monoisotopic (exact) mass is 230 g/mol. The van der Waals surface area contributed by atoms with E-state index in [1.54, 1.807) is 6.07 Å². The number of alkyl halides is 2. The van der Waals surface area contributed by atoms with Crippen LogP contribution in [0.2, 0.25) is 0 Å². The van der Waals surface area contributed by atoms with Gasteiger partial charge < -0.3 is 9.47 Å². The summed E-state index contributed by atoms with van der Waals surface area (Å²) in [5.41, 5.74) is 0.865. The molecule has 0 aliphatic rings. The Morgan fingerprint density at radius 1 is 1.44 bits per heavy atom. The molecule has 0 aliphatic heterocycles. The molecule has 0 saturated heterocycles. The zero-order valence-corrected chi connectivity index (χ0v) is 9.00. The molecule has 1 rings (SSSR count). The fourth-order valence-corrected chi connectivity index (χ4v) is 1.27. The lowest BCUT2D eigenvalue weighted by Crippen LogP contribution is -2.09. The molecule has 0 saturated carbocycles. The van der Waals surface area contributed by atoms with E-state index in [0.29, 0.717) is 6.42 Å². The second-order valence-electron chi connectivity index (χ2n) is 3.05. The van der Waals surface area contributed by atoms with E-state index in [2.05, 4.69) is 9.47 Å². The molecule has 16 heavy (non-hydrogen) atoms. The Morgan fingerprint density at radius 3 is 2.62 bits per heavy atom. The third-order valence-corrected chi connectivity index (χ3v) is 2.07. The first-order chi connectivity index (χ1) is 7.58. The van der Waals surface area contributed by atoms with Crippen molar-refractivity contribution >= 4 is 5.97 Å². The summed E-state index contributed by atoms with van der Waals surface area (Å²) in [5, 5.41) is 0. The molecule has 0 amide bonds. The van der Waals surface area contributed by atoms with Crippen molar-refractivity contribution < 1.29 is 23.0 Å². The van der Waals surface area contributed by atoms with Gasteiger partial charge in [0.15, 0.2) is 0 Å². The molecule has 0 aliphatic carbocycles. The highest BCUT2D eigenvalue weighted by Gasteiger charge is 2.16. The van der Waals surface area contributed by atoms with E-state index < -0.39 is 12.6 Å². The minimum Gasteiger partial charge on any atom is -0.465 e. The molecular weight excluding hydrogens is 218 g/mol. The topological polar surface area (TPSA) is 35.5 Å². The van der Waals surface area contributed by atoms with Gasteiger partial charge in [-0.15, -0.1) is 0 Å². The Morgan fingerprint density at radius 2 is 2.12 bits per heavy atom. The molecule has 5 heteroatoms. The van der Waals surface area contributed by atoms with Gasteiger partial charge in [0.2, 0.25) is 0 Å². The van der Waals surface area contributed by atoms with Gasteiger partial charge >= 0.3 is 12.6 Å². The first kappa shape index (κ1) is 12.4. The molecule has 0 unspecified atom stereocenters. The second-order valence-corrected chi connectivity index (χ2v) is 3.05. The quantitative estimate of drug-likeness (QED) is 0.746. The van der Waals surface area contributed by atoms with E-state index in [9.17, 15) is 13.6 Å². The number of ether oxygens (including phenoxy) is 2. The molecule has 0 spiro atoms. The first-order valence-electron chi connectivity index (χ1n) is 4.74. The molecule has 0 aromatic heterocycles. The smallest absolute Gasteiger partial charge is 0.387 e. The number of carbonyl (C=O) groups excluding carboxylic acids is 1. The molecule has 3 nitrogen and oxygen atoms in total. The van der Waals surface area contributed by atoms with E-state index in [1.807, 2.05) is 6.92 Å². The summed E-state index contributed by atoms with van der Waals surface area (Å²) >= 11 is 0. The highest BCUT2D eigenvalue weighted by molar-refractivity contribution is 5.92. The minimum absolute atomic E-state index is 0.0159. The van der Waals surface area contributed by atoms with Crippen molar-refractivity contribution in [3.8, 4) is 5.75 Å². The third kappa shape index (κ3) is 2.92. The van der Waals surface area contributed by atoms with Crippen LogP contribution < -0.4 is 4.74 Å². The molecule has 0 bridgehead atoms. The molecule has 88 valence electrons. The van der Waals surface area contributed by atoms with Gasteiger partial charge in [-0.25, -0.2) is 4.79 Å². The Kier molecular flexibility index (Phi) is 4.22. The Bertz CT molecular complexity index is 377. The van der Waals surface area contributed by atoms with Gasteiger partial charge in [-0.1, -0.05) is 13.0 Å². The van der Waals surface area contributed by atoms with Gasteiger partial charge in [0, 0.05) is 0 Å². The summed E-state index contributed by atoms with van der Waals surface area (Å²) in [4.78, 5) is 11.3. The Hall–Kier alpha value is -1.65. The fraction of sp³-hybridized carbons (Fsp3) is 0.364. The number of halogens is 2. The van der Waals surface area contributed by atoms with E-state index in [4.69, 9.17) is 0 Å². The van der Waals surface area contributed by atoms with E-state index >= 15 is 0 Å². The van der Waals surface area contributed by atoms with Gasteiger partial charge in [-0.05, 0) is 24.1 Å². The van der Waals surface area contributed by atoms with Crippen LogP contribution in [0, 0.1) is 0 Å². The van der Waals surface area contributed by atoms with Gasteiger partial charge in [0.25, 0.3) is 0 Å². The summed E-state index contributed by atoms with van der Waals surface area (Å²) < 4.78 is 32.9. The Balaban J connectivity index is 3.11. The van der Waals surface area contributed by atoms with Crippen LogP contribution in [0.1, 0.15) is 22.8 Å². The van der Waals surface area contributed by atoms with E-state index in [-0.39, 0.29) is 11.3 Å². The number of hydrogen-bond acceptors (Lipinski definition) is 3. The summed E-state index contributed by atoms with van der Waals surface area (Å²) in [5.74, 6) is -0.856. The van der Waals surface area contributed by atoms with Gasteiger partial charge in [-0.2, -0.15) is 8.78 Å². The minimum atomic E-state index is -2.96.